The second kappa shape index (κ2) is 4.73. The van der Waals surface area contributed by atoms with Crippen LogP contribution in [0.4, 0.5) is 0 Å². The highest BCUT2D eigenvalue weighted by molar-refractivity contribution is 5.35. The Morgan fingerprint density at radius 2 is 2.08 bits per heavy atom. The van der Waals surface area contributed by atoms with Gasteiger partial charge in [0.2, 0.25) is 0 Å². The molecule has 0 aromatic rings. The molecule has 1 nitrogen and oxygen atoms in total. The van der Waals surface area contributed by atoms with Gasteiger partial charge in [0.25, 0.3) is 0 Å². The van der Waals surface area contributed by atoms with Crippen LogP contribution in [0.1, 0.15) is 6.42 Å². The summed E-state index contributed by atoms with van der Waals surface area (Å²) in [7, 11) is 0. The van der Waals surface area contributed by atoms with Gasteiger partial charge in [0.15, 0.2) is 0 Å². The highest BCUT2D eigenvalue weighted by Gasteiger charge is 2.06. The third kappa shape index (κ3) is 2.21. The summed E-state index contributed by atoms with van der Waals surface area (Å²) in [5.41, 5.74) is 2.51. The zero-order valence-corrected chi connectivity index (χ0v) is 7.25. The zero-order chi connectivity index (χ0) is 8.81. The molecule has 12 heavy (non-hydrogen) atoms. The van der Waals surface area contributed by atoms with Crippen molar-refractivity contribution in [1.82, 2.24) is 0 Å². The number of hydrogen-bond acceptors (Lipinski definition) is 1. The maximum Gasteiger partial charge on any atom is 0.0719 e. The molecule has 0 bridgehead atoms. The van der Waals surface area contributed by atoms with Crippen LogP contribution in [0.5, 0.6) is 0 Å². The first-order valence-electron chi connectivity index (χ1n) is 4.09. The van der Waals surface area contributed by atoms with Crippen LogP contribution in [-0.2, 0) is 4.74 Å². The second-order valence-corrected chi connectivity index (χ2v) is 2.65. The molecule has 0 amide bonds. The summed E-state index contributed by atoms with van der Waals surface area (Å²) in [6.45, 7) is 8.88. The maximum atomic E-state index is 5.29. The molecule has 1 heterocycles. The van der Waals surface area contributed by atoms with Gasteiger partial charge in [0.05, 0.1) is 13.2 Å². The summed E-state index contributed by atoms with van der Waals surface area (Å²) in [6.07, 6.45) is 8.65. The molecule has 1 aliphatic heterocycles. The van der Waals surface area contributed by atoms with Crippen LogP contribution in [0.25, 0.3) is 0 Å². The van der Waals surface area contributed by atoms with Crippen LogP contribution in [-0.4, -0.2) is 13.2 Å². The van der Waals surface area contributed by atoms with E-state index in [4.69, 9.17) is 4.74 Å². The number of rotatable bonds is 3. The van der Waals surface area contributed by atoms with E-state index in [1.165, 1.54) is 11.1 Å². The number of ether oxygens (including phenoxy) is 1. The van der Waals surface area contributed by atoms with Gasteiger partial charge < -0.3 is 4.74 Å². The molecule has 0 saturated carbocycles. The Kier molecular flexibility index (Phi) is 3.55. The predicted molar refractivity (Wildman–Crippen MR) is 52.0 cm³/mol. The third-order valence-electron chi connectivity index (χ3n) is 1.87. The van der Waals surface area contributed by atoms with Gasteiger partial charge in [-0.15, -0.1) is 0 Å². The molecular formula is C11H14O. The fraction of sp³-hybridized carbons (Fsp3) is 0.273. The Hall–Kier alpha value is -1.08. The SMILES string of the molecule is C=C/C=C\C1=C(C=C)COCC1. The molecule has 1 heteroatoms. The van der Waals surface area contributed by atoms with Crippen LogP contribution >= 0.6 is 0 Å². The Morgan fingerprint density at radius 3 is 2.75 bits per heavy atom. The summed E-state index contributed by atoms with van der Waals surface area (Å²) >= 11 is 0. The van der Waals surface area contributed by atoms with E-state index >= 15 is 0 Å². The van der Waals surface area contributed by atoms with Crippen molar-refractivity contribution in [1.29, 1.82) is 0 Å². The van der Waals surface area contributed by atoms with Crippen LogP contribution in [0.3, 0.4) is 0 Å². The van der Waals surface area contributed by atoms with E-state index in [9.17, 15) is 0 Å². The quantitative estimate of drug-likeness (QED) is 0.580. The van der Waals surface area contributed by atoms with Crippen molar-refractivity contribution >= 4 is 0 Å². The van der Waals surface area contributed by atoms with Gasteiger partial charge in [0, 0.05) is 0 Å². The summed E-state index contributed by atoms with van der Waals surface area (Å²) in [5.74, 6) is 0. The van der Waals surface area contributed by atoms with Crippen molar-refractivity contribution in [2.75, 3.05) is 13.2 Å². The average Bonchev–Trinajstić information content (AvgIpc) is 2.15. The molecule has 0 N–H and O–H groups in total. The third-order valence-corrected chi connectivity index (χ3v) is 1.87. The summed E-state index contributed by atoms with van der Waals surface area (Å²) in [6, 6.07) is 0. The molecule has 0 fully saturated rings. The van der Waals surface area contributed by atoms with Crippen molar-refractivity contribution in [3.63, 3.8) is 0 Å². The Labute approximate surface area is 73.7 Å². The second-order valence-electron chi connectivity index (χ2n) is 2.65. The molecule has 0 aromatic carbocycles. The van der Waals surface area contributed by atoms with Crippen molar-refractivity contribution in [3.05, 3.63) is 48.6 Å². The van der Waals surface area contributed by atoms with Crippen molar-refractivity contribution in [3.8, 4) is 0 Å². The molecule has 64 valence electrons. The van der Waals surface area contributed by atoms with Gasteiger partial charge in [-0.3, -0.25) is 0 Å². The van der Waals surface area contributed by atoms with E-state index in [0.717, 1.165) is 13.0 Å². The molecule has 0 radical (unpaired) electrons. The lowest BCUT2D eigenvalue weighted by atomic mass is 10.0. The largest absolute Gasteiger partial charge is 0.376 e. The number of allylic oxidation sites excluding steroid dienone is 3. The highest BCUT2D eigenvalue weighted by atomic mass is 16.5. The monoisotopic (exact) mass is 162 g/mol. The smallest absolute Gasteiger partial charge is 0.0719 e. The lowest BCUT2D eigenvalue weighted by molar-refractivity contribution is 0.150. The topological polar surface area (TPSA) is 9.23 Å². The zero-order valence-electron chi connectivity index (χ0n) is 7.25. The van der Waals surface area contributed by atoms with E-state index in [0.29, 0.717) is 6.61 Å². The predicted octanol–water partition coefficient (Wildman–Crippen LogP) is 2.63. The fourth-order valence-electron chi connectivity index (χ4n) is 1.18. The molecule has 1 rings (SSSR count). The highest BCUT2D eigenvalue weighted by Crippen LogP contribution is 2.17. The van der Waals surface area contributed by atoms with Gasteiger partial charge in [-0.25, -0.2) is 0 Å². The molecule has 0 unspecified atom stereocenters. The van der Waals surface area contributed by atoms with Gasteiger partial charge in [-0.1, -0.05) is 37.5 Å². The summed E-state index contributed by atoms with van der Waals surface area (Å²) < 4.78 is 5.29. The van der Waals surface area contributed by atoms with Gasteiger partial charge in [-0.2, -0.15) is 0 Å². The van der Waals surface area contributed by atoms with E-state index < -0.39 is 0 Å². The minimum absolute atomic E-state index is 0.695. The Morgan fingerprint density at radius 1 is 1.25 bits per heavy atom. The van der Waals surface area contributed by atoms with E-state index in [1.54, 1.807) is 6.08 Å². The molecule has 1 aliphatic rings. The summed E-state index contributed by atoms with van der Waals surface area (Å²) in [5, 5.41) is 0. The Bertz CT molecular complexity index is 233. The van der Waals surface area contributed by atoms with Crippen LogP contribution < -0.4 is 0 Å². The average molecular weight is 162 g/mol. The fourth-order valence-corrected chi connectivity index (χ4v) is 1.18. The van der Waals surface area contributed by atoms with Crippen LogP contribution in [0, 0.1) is 0 Å². The van der Waals surface area contributed by atoms with Crippen LogP contribution in [0.15, 0.2) is 48.6 Å². The van der Waals surface area contributed by atoms with Gasteiger partial charge in [0.1, 0.15) is 0 Å². The first kappa shape index (κ1) is 9.01. The maximum absolute atomic E-state index is 5.29. The van der Waals surface area contributed by atoms with E-state index in [2.05, 4.69) is 19.2 Å². The molecule has 0 aliphatic carbocycles. The van der Waals surface area contributed by atoms with Crippen molar-refractivity contribution in [2.45, 2.75) is 6.42 Å². The number of hydrogen-bond donors (Lipinski definition) is 0. The molecule has 0 atom stereocenters. The van der Waals surface area contributed by atoms with Crippen molar-refractivity contribution < 1.29 is 4.74 Å². The lowest BCUT2D eigenvalue weighted by Gasteiger charge is -2.15. The van der Waals surface area contributed by atoms with Gasteiger partial charge >= 0.3 is 0 Å². The Balaban J connectivity index is 2.79. The van der Waals surface area contributed by atoms with E-state index in [-0.39, 0.29) is 0 Å². The standard InChI is InChI=1S/C11H14O/c1-3-5-6-11-7-8-12-9-10(11)4-2/h3-6H,1-2,7-9H2/b6-5-. The lowest BCUT2D eigenvalue weighted by Crippen LogP contribution is -2.08. The molecule has 0 aromatic heterocycles. The molecule has 0 spiro atoms. The molecule has 0 saturated heterocycles. The summed E-state index contributed by atoms with van der Waals surface area (Å²) in [4.78, 5) is 0. The minimum atomic E-state index is 0.695. The van der Waals surface area contributed by atoms with Gasteiger partial charge in [-0.05, 0) is 17.6 Å². The first-order valence-corrected chi connectivity index (χ1v) is 4.09. The first-order chi connectivity index (χ1) is 5.88. The van der Waals surface area contributed by atoms with Crippen molar-refractivity contribution in [2.24, 2.45) is 0 Å². The minimum Gasteiger partial charge on any atom is -0.376 e. The van der Waals surface area contributed by atoms with Crippen LogP contribution in [0.2, 0.25) is 0 Å². The normalized spacial score (nSPS) is 18.3. The molecular weight excluding hydrogens is 148 g/mol. The van der Waals surface area contributed by atoms with E-state index in [1.807, 2.05) is 12.2 Å².